The molecular formula is C20H24ClN3O3. The molecule has 1 aromatic carbocycles. The topological polar surface area (TPSA) is 97.4 Å². The standard InChI is InChI=1S/C20H23N3O3.ClH/c21-18-14-6-5-13(10-14)17(18)20(25)22-11-12-3-7-15(8-4-12)23-19(24)16-2-1-9-26-16;/h1-4,7-9,13-14,17-18H,5-6,10-11,21H2,(H,22,25)(H,23,24);1H. The van der Waals surface area contributed by atoms with E-state index < -0.39 is 0 Å². The largest absolute Gasteiger partial charge is 0.459 e. The second kappa shape index (κ2) is 8.15. The van der Waals surface area contributed by atoms with Gasteiger partial charge in [-0.3, -0.25) is 9.59 Å². The van der Waals surface area contributed by atoms with E-state index in [-0.39, 0.29) is 41.9 Å². The smallest absolute Gasteiger partial charge is 0.291 e. The molecule has 0 aliphatic heterocycles. The Hall–Kier alpha value is -2.31. The summed E-state index contributed by atoms with van der Waals surface area (Å²) in [6.07, 6.45) is 4.85. The van der Waals surface area contributed by atoms with Crippen molar-refractivity contribution in [2.45, 2.75) is 31.8 Å². The van der Waals surface area contributed by atoms with Crippen molar-refractivity contribution in [2.24, 2.45) is 23.5 Å². The van der Waals surface area contributed by atoms with Gasteiger partial charge < -0.3 is 20.8 Å². The lowest BCUT2D eigenvalue weighted by Crippen LogP contribution is -2.45. The number of rotatable bonds is 5. The van der Waals surface area contributed by atoms with Crippen molar-refractivity contribution in [1.29, 1.82) is 0 Å². The molecule has 0 spiro atoms. The highest BCUT2D eigenvalue weighted by molar-refractivity contribution is 6.02. The number of fused-ring (bicyclic) bond motifs is 2. The van der Waals surface area contributed by atoms with Crippen LogP contribution in [-0.2, 0) is 11.3 Å². The second-order valence-electron chi connectivity index (χ2n) is 7.28. The zero-order valence-corrected chi connectivity index (χ0v) is 15.7. The predicted octanol–water partition coefficient (Wildman–Crippen LogP) is 2.94. The van der Waals surface area contributed by atoms with Crippen LogP contribution in [0.5, 0.6) is 0 Å². The van der Waals surface area contributed by atoms with E-state index in [0.29, 0.717) is 24.1 Å². The monoisotopic (exact) mass is 389 g/mol. The lowest BCUT2D eigenvalue weighted by Gasteiger charge is -2.27. The third-order valence-electron chi connectivity index (χ3n) is 5.71. The highest BCUT2D eigenvalue weighted by Crippen LogP contribution is 2.47. The molecule has 2 aliphatic carbocycles. The molecule has 4 N–H and O–H groups in total. The molecule has 2 amide bonds. The van der Waals surface area contributed by atoms with Gasteiger partial charge in [-0.1, -0.05) is 12.1 Å². The highest BCUT2D eigenvalue weighted by atomic mass is 35.5. The third kappa shape index (κ3) is 4.01. The van der Waals surface area contributed by atoms with Gasteiger partial charge in [-0.15, -0.1) is 12.4 Å². The van der Waals surface area contributed by atoms with Crippen molar-refractivity contribution in [3.8, 4) is 0 Å². The number of carbonyl (C=O) groups is 2. The highest BCUT2D eigenvalue weighted by Gasteiger charge is 2.48. The van der Waals surface area contributed by atoms with Crippen LogP contribution in [-0.4, -0.2) is 17.9 Å². The van der Waals surface area contributed by atoms with Crippen LogP contribution in [0.1, 0.15) is 35.4 Å². The van der Waals surface area contributed by atoms with Crippen LogP contribution in [0.25, 0.3) is 0 Å². The minimum atomic E-state index is -0.290. The first kappa shape index (κ1) is 19.5. The van der Waals surface area contributed by atoms with Crippen molar-refractivity contribution in [3.05, 3.63) is 54.0 Å². The molecule has 27 heavy (non-hydrogen) atoms. The van der Waals surface area contributed by atoms with E-state index in [1.165, 1.54) is 12.7 Å². The number of amides is 2. The van der Waals surface area contributed by atoms with Gasteiger partial charge in [0.1, 0.15) is 0 Å². The molecule has 144 valence electrons. The van der Waals surface area contributed by atoms with Crippen LogP contribution < -0.4 is 16.4 Å². The normalized spacial score (nSPS) is 25.7. The molecule has 1 aromatic heterocycles. The first-order chi connectivity index (χ1) is 12.6. The lowest BCUT2D eigenvalue weighted by atomic mass is 9.84. The first-order valence-electron chi connectivity index (χ1n) is 9.09. The zero-order valence-electron chi connectivity index (χ0n) is 14.9. The summed E-state index contributed by atoms with van der Waals surface area (Å²) in [5.74, 6) is 0.979. The van der Waals surface area contributed by atoms with Crippen molar-refractivity contribution >= 4 is 29.9 Å². The first-order valence-corrected chi connectivity index (χ1v) is 9.09. The second-order valence-corrected chi connectivity index (χ2v) is 7.28. The Morgan fingerprint density at radius 3 is 2.48 bits per heavy atom. The van der Waals surface area contributed by atoms with Gasteiger partial charge in [-0.05, 0) is 60.9 Å². The SMILES string of the molecule is Cl.NC1C2CCC(C2)C1C(=O)NCc1ccc(NC(=O)c2ccco2)cc1. The number of halogens is 1. The number of furan rings is 1. The van der Waals surface area contributed by atoms with Crippen molar-refractivity contribution in [3.63, 3.8) is 0 Å². The Kier molecular flexibility index (Phi) is 5.87. The van der Waals surface area contributed by atoms with E-state index in [1.807, 2.05) is 24.3 Å². The summed E-state index contributed by atoms with van der Waals surface area (Å²) in [5, 5.41) is 5.79. The maximum atomic E-state index is 12.5. The molecule has 4 rings (SSSR count). The fourth-order valence-electron chi connectivity index (χ4n) is 4.34. The van der Waals surface area contributed by atoms with Gasteiger partial charge in [0.05, 0.1) is 12.2 Å². The third-order valence-corrected chi connectivity index (χ3v) is 5.71. The maximum absolute atomic E-state index is 12.5. The average molecular weight is 390 g/mol. The maximum Gasteiger partial charge on any atom is 0.291 e. The Balaban J connectivity index is 0.00000210. The van der Waals surface area contributed by atoms with Crippen LogP contribution in [0.2, 0.25) is 0 Å². The molecule has 1 heterocycles. The van der Waals surface area contributed by atoms with E-state index >= 15 is 0 Å². The van der Waals surface area contributed by atoms with Crippen LogP contribution >= 0.6 is 12.4 Å². The number of nitrogens with two attached hydrogens (primary N) is 1. The van der Waals surface area contributed by atoms with Gasteiger partial charge in [-0.25, -0.2) is 0 Å². The van der Waals surface area contributed by atoms with Crippen molar-refractivity contribution in [1.82, 2.24) is 5.32 Å². The summed E-state index contributed by atoms with van der Waals surface area (Å²) in [4.78, 5) is 24.4. The molecule has 2 aromatic rings. The number of benzene rings is 1. The fourth-order valence-corrected chi connectivity index (χ4v) is 4.34. The van der Waals surface area contributed by atoms with Crippen molar-refractivity contribution in [2.75, 3.05) is 5.32 Å². The summed E-state index contributed by atoms with van der Waals surface area (Å²) in [6.45, 7) is 0.464. The van der Waals surface area contributed by atoms with Crippen LogP contribution in [0.4, 0.5) is 5.69 Å². The van der Waals surface area contributed by atoms with Gasteiger partial charge >= 0.3 is 0 Å². The molecule has 2 saturated carbocycles. The van der Waals surface area contributed by atoms with Crippen LogP contribution in [0, 0.1) is 17.8 Å². The van der Waals surface area contributed by atoms with E-state index in [2.05, 4.69) is 10.6 Å². The minimum absolute atomic E-state index is 0. The molecule has 2 bridgehead atoms. The predicted molar refractivity (Wildman–Crippen MR) is 104 cm³/mol. The Bertz CT molecular complexity index is 789. The van der Waals surface area contributed by atoms with Crippen LogP contribution in [0.15, 0.2) is 47.1 Å². The van der Waals surface area contributed by atoms with E-state index in [0.717, 1.165) is 18.4 Å². The Labute approximate surface area is 164 Å². The van der Waals surface area contributed by atoms with Gasteiger partial charge in [0.2, 0.25) is 5.91 Å². The van der Waals surface area contributed by atoms with Gasteiger partial charge in [0.25, 0.3) is 5.91 Å². The van der Waals surface area contributed by atoms with Gasteiger partial charge in [-0.2, -0.15) is 0 Å². The van der Waals surface area contributed by atoms with Crippen molar-refractivity contribution < 1.29 is 14.0 Å². The molecule has 4 atom stereocenters. The number of carbonyl (C=O) groups excluding carboxylic acids is 2. The number of hydrogen-bond acceptors (Lipinski definition) is 4. The summed E-state index contributed by atoms with van der Waals surface area (Å²) >= 11 is 0. The molecule has 4 unspecified atom stereocenters. The lowest BCUT2D eigenvalue weighted by molar-refractivity contribution is -0.127. The minimum Gasteiger partial charge on any atom is -0.459 e. The summed E-state index contributed by atoms with van der Waals surface area (Å²) in [5.41, 5.74) is 7.89. The molecule has 2 fully saturated rings. The average Bonchev–Trinajstić information content (AvgIpc) is 3.38. The summed E-state index contributed by atoms with van der Waals surface area (Å²) in [6, 6.07) is 10.7. The quantitative estimate of drug-likeness (QED) is 0.732. The van der Waals surface area contributed by atoms with Gasteiger partial charge in [0.15, 0.2) is 5.76 Å². The Morgan fingerprint density at radius 2 is 1.85 bits per heavy atom. The van der Waals surface area contributed by atoms with Crippen LogP contribution in [0.3, 0.4) is 0 Å². The summed E-state index contributed by atoms with van der Waals surface area (Å²) in [7, 11) is 0. The molecule has 2 aliphatic rings. The molecule has 7 heteroatoms. The van der Waals surface area contributed by atoms with Gasteiger partial charge in [0, 0.05) is 18.3 Å². The number of hydrogen-bond donors (Lipinski definition) is 3. The van der Waals surface area contributed by atoms with E-state index in [9.17, 15) is 9.59 Å². The molecule has 0 radical (unpaired) electrons. The summed E-state index contributed by atoms with van der Waals surface area (Å²) < 4.78 is 5.06. The number of nitrogens with one attached hydrogen (secondary N) is 2. The molecule has 6 nitrogen and oxygen atoms in total. The fraction of sp³-hybridized carbons (Fsp3) is 0.400. The van der Waals surface area contributed by atoms with E-state index in [1.54, 1.807) is 12.1 Å². The Morgan fingerprint density at radius 1 is 1.11 bits per heavy atom. The molecule has 0 saturated heterocycles. The molecular weight excluding hydrogens is 366 g/mol. The number of anilines is 1. The zero-order chi connectivity index (χ0) is 18.1. The van der Waals surface area contributed by atoms with E-state index in [4.69, 9.17) is 10.2 Å².